The number of nitrogens with zero attached hydrogens (tertiary/aromatic N) is 2. The van der Waals surface area contributed by atoms with Crippen LogP contribution in [0.15, 0.2) is 41.4 Å². The number of benzene rings is 2. The first-order valence-electron chi connectivity index (χ1n) is 7.15. The first-order chi connectivity index (χ1) is 10.5. The van der Waals surface area contributed by atoms with Crippen LogP contribution in [0.2, 0.25) is 5.02 Å². The summed E-state index contributed by atoms with van der Waals surface area (Å²) in [5.74, 6) is 0.189. The molecule has 0 saturated heterocycles. The molecule has 0 aliphatic carbocycles. The lowest BCUT2D eigenvalue weighted by Crippen LogP contribution is -2.21. The van der Waals surface area contributed by atoms with Gasteiger partial charge in [0.2, 0.25) is 0 Å². The van der Waals surface area contributed by atoms with Crippen molar-refractivity contribution in [3.63, 3.8) is 0 Å². The van der Waals surface area contributed by atoms with Gasteiger partial charge in [0.05, 0.1) is 0 Å². The highest BCUT2D eigenvalue weighted by Crippen LogP contribution is 2.31. The fraction of sp³-hybridized carbons (Fsp3) is 0.235. The molecule has 0 aromatic heterocycles. The molecule has 0 bridgehead atoms. The Hall–Kier alpha value is -2.20. The van der Waals surface area contributed by atoms with Gasteiger partial charge in [0, 0.05) is 41.6 Å². The molecule has 0 radical (unpaired) electrons. The number of phenols is 2. The largest absolute Gasteiger partial charge is 0.507 e. The molecule has 0 aliphatic rings. The molecule has 0 unspecified atom stereocenters. The van der Waals surface area contributed by atoms with Gasteiger partial charge in [0.25, 0.3) is 0 Å². The van der Waals surface area contributed by atoms with E-state index >= 15 is 0 Å². The second-order valence-electron chi connectivity index (χ2n) is 4.81. The minimum atomic E-state index is 0.0902. The van der Waals surface area contributed by atoms with Crippen LogP contribution in [0.1, 0.15) is 19.4 Å². The van der Waals surface area contributed by atoms with Crippen LogP contribution in [0.5, 0.6) is 11.5 Å². The molecule has 0 fully saturated rings. The molecular weight excluding hydrogens is 300 g/mol. The Labute approximate surface area is 135 Å². The number of aromatic hydroxyl groups is 2. The van der Waals surface area contributed by atoms with Crippen molar-refractivity contribution in [1.29, 1.82) is 0 Å². The van der Waals surface area contributed by atoms with E-state index in [2.05, 4.69) is 23.7 Å². The lowest BCUT2D eigenvalue weighted by atomic mass is 10.2. The van der Waals surface area contributed by atoms with Crippen molar-refractivity contribution >= 4 is 29.2 Å². The van der Waals surface area contributed by atoms with Gasteiger partial charge >= 0.3 is 0 Å². The van der Waals surface area contributed by atoms with Gasteiger partial charge in [-0.05, 0) is 44.2 Å². The van der Waals surface area contributed by atoms with Crippen LogP contribution < -0.4 is 4.90 Å². The van der Waals surface area contributed by atoms with E-state index in [-0.39, 0.29) is 11.5 Å². The van der Waals surface area contributed by atoms with Gasteiger partial charge in [0.15, 0.2) is 0 Å². The predicted molar refractivity (Wildman–Crippen MR) is 92.0 cm³/mol. The highest BCUT2D eigenvalue weighted by atomic mass is 35.5. The normalized spacial score (nSPS) is 11.0. The molecule has 2 aromatic rings. The Balaban J connectivity index is 2.26. The molecule has 2 N–H and O–H groups in total. The molecule has 0 saturated carbocycles. The Morgan fingerprint density at radius 1 is 1.05 bits per heavy atom. The molecule has 0 spiro atoms. The lowest BCUT2D eigenvalue weighted by molar-refractivity contribution is 0.474. The SMILES string of the molecule is CCN(CC)c1ccc(N=Cc2cc(Cl)ccc2O)c(O)c1. The summed E-state index contributed by atoms with van der Waals surface area (Å²) in [4.78, 5) is 6.35. The predicted octanol–water partition coefficient (Wildman–Crippen LogP) is 4.35. The first-order valence-corrected chi connectivity index (χ1v) is 7.53. The van der Waals surface area contributed by atoms with Gasteiger partial charge in [0.1, 0.15) is 17.2 Å². The number of rotatable bonds is 5. The lowest BCUT2D eigenvalue weighted by Gasteiger charge is -2.21. The number of phenolic OH excluding ortho intramolecular Hbond substituents is 2. The van der Waals surface area contributed by atoms with E-state index in [4.69, 9.17) is 11.6 Å². The molecule has 0 aliphatic heterocycles. The van der Waals surface area contributed by atoms with Crippen LogP contribution >= 0.6 is 11.6 Å². The third-order valence-corrected chi connectivity index (χ3v) is 3.65. The van der Waals surface area contributed by atoms with E-state index in [1.165, 1.54) is 12.3 Å². The number of aliphatic imine (C=N–C) groups is 1. The average Bonchev–Trinajstić information content (AvgIpc) is 2.51. The molecule has 116 valence electrons. The van der Waals surface area contributed by atoms with Crippen LogP contribution in [-0.4, -0.2) is 29.5 Å². The molecule has 4 nitrogen and oxygen atoms in total. The molecule has 0 atom stereocenters. The van der Waals surface area contributed by atoms with Crippen LogP contribution in [-0.2, 0) is 0 Å². The summed E-state index contributed by atoms with van der Waals surface area (Å²) in [5.41, 5.74) is 1.89. The second kappa shape index (κ2) is 7.18. The molecule has 0 amide bonds. The molecule has 2 rings (SSSR count). The minimum Gasteiger partial charge on any atom is -0.507 e. The highest BCUT2D eigenvalue weighted by Gasteiger charge is 2.06. The Bertz CT molecular complexity index is 682. The van der Waals surface area contributed by atoms with Crippen molar-refractivity contribution < 1.29 is 10.2 Å². The zero-order valence-corrected chi connectivity index (χ0v) is 13.4. The third kappa shape index (κ3) is 3.71. The van der Waals surface area contributed by atoms with Crippen molar-refractivity contribution in [2.24, 2.45) is 4.99 Å². The van der Waals surface area contributed by atoms with Crippen molar-refractivity contribution in [3.05, 3.63) is 47.0 Å². The summed E-state index contributed by atoms with van der Waals surface area (Å²) in [7, 11) is 0. The monoisotopic (exact) mass is 318 g/mol. The maximum Gasteiger partial charge on any atom is 0.143 e. The van der Waals surface area contributed by atoms with Crippen LogP contribution in [0.4, 0.5) is 11.4 Å². The van der Waals surface area contributed by atoms with E-state index in [1.54, 1.807) is 24.3 Å². The van der Waals surface area contributed by atoms with Crippen LogP contribution in [0.25, 0.3) is 0 Å². The number of halogens is 1. The van der Waals surface area contributed by atoms with Crippen molar-refractivity contribution in [2.75, 3.05) is 18.0 Å². The van der Waals surface area contributed by atoms with Gasteiger partial charge < -0.3 is 15.1 Å². The summed E-state index contributed by atoms with van der Waals surface area (Å²) in [6.45, 7) is 5.87. The molecular formula is C17H19ClN2O2. The summed E-state index contributed by atoms with van der Waals surface area (Å²) < 4.78 is 0. The van der Waals surface area contributed by atoms with Gasteiger partial charge in [-0.3, -0.25) is 4.99 Å². The summed E-state index contributed by atoms with van der Waals surface area (Å²) in [5, 5.41) is 20.4. The fourth-order valence-corrected chi connectivity index (χ4v) is 2.35. The number of hydrogen-bond donors (Lipinski definition) is 2. The zero-order chi connectivity index (χ0) is 16.1. The van der Waals surface area contributed by atoms with E-state index in [1.807, 2.05) is 6.07 Å². The van der Waals surface area contributed by atoms with Gasteiger partial charge in [-0.2, -0.15) is 0 Å². The summed E-state index contributed by atoms with van der Waals surface area (Å²) >= 11 is 5.89. The topological polar surface area (TPSA) is 56.1 Å². The van der Waals surface area contributed by atoms with Crippen molar-refractivity contribution in [1.82, 2.24) is 0 Å². The summed E-state index contributed by atoms with van der Waals surface area (Å²) in [6, 6.07) is 10.1. The quantitative estimate of drug-likeness (QED) is 0.806. The van der Waals surface area contributed by atoms with Gasteiger partial charge in [-0.1, -0.05) is 11.6 Å². The molecule has 5 heteroatoms. The van der Waals surface area contributed by atoms with Crippen LogP contribution in [0.3, 0.4) is 0 Å². The van der Waals surface area contributed by atoms with Gasteiger partial charge in [-0.25, -0.2) is 0 Å². The Morgan fingerprint density at radius 2 is 1.77 bits per heavy atom. The Kier molecular flexibility index (Phi) is 5.28. The fourth-order valence-electron chi connectivity index (χ4n) is 2.17. The molecule has 0 heterocycles. The summed E-state index contributed by atoms with van der Waals surface area (Å²) in [6.07, 6.45) is 1.48. The van der Waals surface area contributed by atoms with E-state index < -0.39 is 0 Å². The van der Waals surface area contributed by atoms with E-state index in [9.17, 15) is 10.2 Å². The maximum atomic E-state index is 10.1. The second-order valence-corrected chi connectivity index (χ2v) is 5.24. The maximum absolute atomic E-state index is 10.1. The highest BCUT2D eigenvalue weighted by molar-refractivity contribution is 6.30. The Morgan fingerprint density at radius 3 is 2.41 bits per heavy atom. The van der Waals surface area contributed by atoms with Gasteiger partial charge in [-0.15, -0.1) is 0 Å². The van der Waals surface area contributed by atoms with Crippen LogP contribution in [0, 0.1) is 0 Å². The minimum absolute atomic E-state index is 0.0902. The number of anilines is 1. The molecule has 22 heavy (non-hydrogen) atoms. The van der Waals surface area contributed by atoms with Crippen molar-refractivity contribution in [3.8, 4) is 11.5 Å². The van der Waals surface area contributed by atoms with E-state index in [0.717, 1.165) is 18.8 Å². The molecule has 2 aromatic carbocycles. The average molecular weight is 319 g/mol. The zero-order valence-electron chi connectivity index (χ0n) is 12.6. The standard InChI is InChI=1S/C17H19ClN2O2/c1-3-20(4-2)14-6-7-15(17(22)10-14)19-11-12-9-13(18)5-8-16(12)21/h5-11,21-22H,3-4H2,1-2H3. The van der Waals surface area contributed by atoms with Crippen molar-refractivity contribution in [2.45, 2.75) is 13.8 Å². The smallest absolute Gasteiger partial charge is 0.143 e. The third-order valence-electron chi connectivity index (χ3n) is 3.42. The first kappa shape index (κ1) is 16.2. The number of hydrogen-bond acceptors (Lipinski definition) is 4. The van der Waals surface area contributed by atoms with E-state index in [0.29, 0.717) is 16.3 Å².